The van der Waals surface area contributed by atoms with E-state index >= 15 is 0 Å². The SMILES string of the molecule is CC1(Cc2ccccc2)C(/C=C/c2ccsc2)=[N+](CCCCC2CCCC2)c2ccc3ccccc3c21. The first-order chi connectivity index (χ1) is 18.2. The van der Waals surface area contributed by atoms with Gasteiger partial charge in [-0.2, -0.15) is 15.9 Å². The van der Waals surface area contributed by atoms with Crippen LogP contribution in [0.5, 0.6) is 0 Å². The summed E-state index contributed by atoms with van der Waals surface area (Å²) >= 11 is 1.77. The highest BCUT2D eigenvalue weighted by molar-refractivity contribution is 7.08. The van der Waals surface area contributed by atoms with Crippen LogP contribution < -0.4 is 0 Å². The molecule has 188 valence electrons. The van der Waals surface area contributed by atoms with Crippen LogP contribution in [0.2, 0.25) is 0 Å². The Labute approximate surface area is 226 Å². The maximum Gasteiger partial charge on any atom is 0.210 e. The Hall–Kier alpha value is -2.97. The highest BCUT2D eigenvalue weighted by Gasteiger charge is 2.48. The second kappa shape index (κ2) is 10.8. The lowest BCUT2D eigenvalue weighted by Crippen LogP contribution is -2.34. The van der Waals surface area contributed by atoms with E-state index in [0.717, 1.165) is 18.9 Å². The summed E-state index contributed by atoms with van der Waals surface area (Å²) < 4.78 is 2.67. The van der Waals surface area contributed by atoms with Crippen molar-refractivity contribution in [3.63, 3.8) is 0 Å². The third-order valence-corrected chi connectivity index (χ3v) is 9.40. The van der Waals surface area contributed by atoms with Gasteiger partial charge in [0.15, 0.2) is 5.71 Å². The molecule has 1 nitrogen and oxygen atoms in total. The molecule has 0 radical (unpaired) electrons. The molecule has 0 bridgehead atoms. The Kier molecular flexibility index (Phi) is 7.11. The Balaban J connectivity index is 1.43. The predicted octanol–water partition coefficient (Wildman–Crippen LogP) is 9.57. The van der Waals surface area contributed by atoms with Crippen LogP contribution in [0.3, 0.4) is 0 Å². The van der Waals surface area contributed by atoms with Gasteiger partial charge in [-0.3, -0.25) is 0 Å². The molecule has 0 saturated heterocycles. The van der Waals surface area contributed by atoms with Crippen LogP contribution in [0.4, 0.5) is 5.69 Å². The van der Waals surface area contributed by atoms with Gasteiger partial charge in [0, 0.05) is 24.1 Å². The van der Waals surface area contributed by atoms with E-state index in [4.69, 9.17) is 0 Å². The minimum Gasteiger partial charge on any atom is -0.195 e. The average Bonchev–Trinajstić information content (AvgIpc) is 3.68. The van der Waals surface area contributed by atoms with Gasteiger partial charge in [-0.05, 0) is 76.6 Å². The Morgan fingerprint density at radius 3 is 2.51 bits per heavy atom. The predicted molar refractivity (Wildman–Crippen MR) is 160 cm³/mol. The lowest BCUT2D eigenvalue weighted by atomic mass is 9.73. The molecule has 4 aromatic rings. The zero-order chi connectivity index (χ0) is 25.1. The molecular formula is C35H38NS+. The van der Waals surface area contributed by atoms with Crippen molar-refractivity contribution in [3.05, 3.63) is 106 Å². The maximum absolute atomic E-state index is 2.67. The summed E-state index contributed by atoms with van der Waals surface area (Å²) in [5.41, 5.74) is 6.93. The Bertz CT molecular complexity index is 1410. The molecule has 0 spiro atoms. The van der Waals surface area contributed by atoms with Gasteiger partial charge in [0.1, 0.15) is 6.54 Å². The smallest absolute Gasteiger partial charge is 0.195 e. The zero-order valence-electron chi connectivity index (χ0n) is 22.0. The van der Waals surface area contributed by atoms with Crippen molar-refractivity contribution in [2.45, 2.75) is 63.7 Å². The van der Waals surface area contributed by atoms with Crippen molar-refractivity contribution in [2.75, 3.05) is 6.54 Å². The molecule has 1 fully saturated rings. The molecule has 1 atom stereocenters. The molecule has 1 aliphatic heterocycles. The van der Waals surface area contributed by atoms with Crippen LogP contribution in [0.15, 0.2) is 89.6 Å². The highest BCUT2D eigenvalue weighted by Crippen LogP contribution is 2.46. The largest absolute Gasteiger partial charge is 0.210 e. The van der Waals surface area contributed by atoms with Crippen LogP contribution in [0.25, 0.3) is 16.8 Å². The molecule has 1 unspecified atom stereocenters. The molecule has 6 rings (SSSR count). The van der Waals surface area contributed by atoms with Gasteiger partial charge in [-0.1, -0.05) is 86.7 Å². The van der Waals surface area contributed by atoms with Gasteiger partial charge in [0.2, 0.25) is 5.69 Å². The summed E-state index contributed by atoms with van der Waals surface area (Å²) in [4.78, 5) is 0. The standard InChI is InChI=1S/C35H38NS/c1-35(25-28-14-3-2-4-15-28)33(21-18-29-22-24-37-26-29)36(23-10-9-13-27-11-5-6-12-27)32-20-19-30-16-7-8-17-31(30)34(32)35/h2-4,7-8,14-22,24,26-27H,5-6,9-13,23,25H2,1H3/q+1/b21-18+. The third-order valence-electron chi connectivity index (χ3n) is 8.70. The zero-order valence-corrected chi connectivity index (χ0v) is 22.9. The molecule has 1 saturated carbocycles. The molecule has 3 aromatic carbocycles. The van der Waals surface area contributed by atoms with Crippen LogP contribution in [-0.4, -0.2) is 16.8 Å². The number of allylic oxidation sites excluding steroid dienone is 1. The molecular weight excluding hydrogens is 466 g/mol. The van der Waals surface area contributed by atoms with E-state index in [1.165, 1.54) is 83.8 Å². The normalized spacial score (nSPS) is 19.9. The minimum absolute atomic E-state index is 0.102. The second-order valence-corrected chi connectivity index (χ2v) is 12.0. The average molecular weight is 505 g/mol. The molecule has 0 N–H and O–H groups in total. The summed E-state index contributed by atoms with van der Waals surface area (Å²) in [5.74, 6) is 0.972. The number of hydrogen-bond donors (Lipinski definition) is 0. The number of thiophene rings is 1. The monoisotopic (exact) mass is 504 g/mol. The molecule has 37 heavy (non-hydrogen) atoms. The number of benzene rings is 3. The van der Waals surface area contributed by atoms with Crippen molar-refractivity contribution in [1.82, 2.24) is 0 Å². The number of hydrogen-bond acceptors (Lipinski definition) is 1. The molecule has 0 amide bonds. The van der Waals surface area contributed by atoms with E-state index in [1.807, 2.05) is 0 Å². The van der Waals surface area contributed by atoms with E-state index in [2.05, 4.69) is 107 Å². The first-order valence-corrected chi connectivity index (χ1v) is 15.1. The van der Waals surface area contributed by atoms with E-state index < -0.39 is 0 Å². The molecule has 2 heteroatoms. The summed E-state index contributed by atoms with van der Waals surface area (Å²) in [5, 5.41) is 7.15. The first-order valence-electron chi connectivity index (χ1n) is 14.1. The lowest BCUT2D eigenvalue weighted by molar-refractivity contribution is -0.438. The topological polar surface area (TPSA) is 3.01 Å². The molecule has 1 aliphatic carbocycles. The Morgan fingerprint density at radius 1 is 0.892 bits per heavy atom. The van der Waals surface area contributed by atoms with E-state index in [9.17, 15) is 0 Å². The van der Waals surface area contributed by atoms with Gasteiger partial charge in [-0.15, -0.1) is 0 Å². The molecule has 1 aromatic heterocycles. The minimum atomic E-state index is -0.102. The Morgan fingerprint density at radius 2 is 1.70 bits per heavy atom. The van der Waals surface area contributed by atoms with Gasteiger partial charge in [0.25, 0.3) is 0 Å². The molecule has 2 aliphatic rings. The van der Waals surface area contributed by atoms with Crippen LogP contribution >= 0.6 is 11.3 Å². The van der Waals surface area contributed by atoms with E-state index in [-0.39, 0.29) is 5.41 Å². The van der Waals surface area contributed by atoms with Gasteiger partial charge in [0.05, 0.1) is 5.41 Å². The number of nitrogens with zero attached hydrogens (tertiary/aromatic N) is 1. The lowest BCUT2D eigenvalue weighted by Gasteiger charge is -2.24. The third kappa shape index (κ3) is 4.97. The summed E-state index contributed by atoms with van der Waals surface area (Å²) in [7, 11) is 0. The maximum atomic E-state index is 2.67. The molecule has 2 heterocycles. The second-order valence-electron chi connectivity index (χ2n) is 11.2. The van der Waals surface area contributed by atoms with Gasteiger partial charge < -0.3 is 0 Å². The number of rotatable bonds is 9. The quantitative estimate of drug-likeness (QED) is 0.158. The van der Waals surface area contributed by atoms with Crippen LogP contribution in [0, 0.1) is 5.92 Å². The van der Waals surface area contributed by atoms with Crippen LogP contribution in [0.1, 0.15) is 68.6 Å². The fraction of sp³-hybridized carbons (Fsp3) is 0.343. The van der Waals surface area contributed by atoms with Crippen molar-refractivity contribution >= 4 is 39.6 Å². The van der Waals surface area contributed by atoms with Crippen LogP contribution in [-0.2, 0) is 11.8 Å². The van der Waals surface area contributed by atoms with Gasteiger partial charge >= 0.3 is 0 Å². The fourth-order valence-corrected chi connectivity index (χ4v) is 7.49. The summed E-state index contributed by atoms with van der Waals surface area (Å²) in [6.45, 7) is 3.57. The summed E-state index contributed by atoms with van der Waals surface area (Å²) in [6.07, 6.45) is 15.5. The van der Waals surface area contributed by atoms with Crippen molar-refractivity contribution in [3.8, 4) is 0 Å². The van der Waals surface area contributed by atoms with E-state index in [0.29, 0.717) is 0 Å². The van der Waals surface area contributed by atoms with Crippen molar-refractivity contribution < 1.29 is 4.58 Å². The van der Waals surface area contributed by atoms with E-state index in [1.54, 1.807) is 11.3 Å². The number of fused-ring (bicyclic) bond motifs is 3. The van der Waals surface area contributed by atoms with Crippen molar-refractivity contribution in [2.24, 2.45) is 5.92 Å². The summed E-state index contributed by atoms with van der Waals surface area (Å²) in [6, 6.07) is 27.0. The van der Waals surface area contributed by atoms with Gasteiger partial charge in [-0.25, -0.2) is 0 Å². The number of unbranched alkanes of at least 4 members (excludes halogenated alkanes) is 1. The fourth-order valence-electron chi connectivity index (χ4n) is 6.87. The first kappa shape index (κ1) is 24.4. The highest BCUT2D eigenvalue weighted by atomic mass is 32.1. The van der Waals surface area contributed by atoms with Crippen molar-refractivity contribution in [1.29, 1.82) is 0 Å².